The maximum Gasteiger partial charge on any atom is 0.229 e. The number of hydrogen-bond acceptors (Lipinski definition) is 5. The summed E-state index contributed by atoms with van der Waals surface area (Å²) in [7, 11) is 0. The van der Waals surface area contributed by atoms with Crippen LogP contribution in [0.25, 0.3) is 5.70 Å². The Balaban J connectivity index is 1.44. The second kappa shape index (κ2) is 5.78. The minimum Gasteiger partial charge on any atom is -0.381 e. The lowest BCUT2D eigenvalue weighted by atomic mass is 10.1. The molecule has 0 saturated carbocycles. The first-order valence-corrected chi connectivity index (χ1v) is 8.37. The fourth-order valence-electron chi connectivity index (χ4n) is 2.86. The molecule has 1 aromatic rings. The van der Waals surface area contributed by atoms with Gasteiger partial charge in [0.25, 0.3) is 0 Å². The second-order valence-electron chi connectivity index (χ2n) is 5.56. The smallest absolute Gasteiger partial charge is 0.229 e. The summed E-state index contributed by atoms with van der Waals surface area (Å²) >= 11 is 1.68. The van der Waals surface area contributed by atoms with Crippen molar-refractivity contribution in [2.75, 3.05) is 31.6 Å². The molecule has 1 aromatic carbocycles. The molecule has 3 aliphatic heterocycles. The van der Waals surface area contributed by atoms with Crippen molar-refractivity contribution in [3.63, 3.8) is 0 Å². The summed E-state index contributed by atoms with van der Waals surface area (Å²) in [6, 6.07) is 8.02. The lowest BCUT2D eigenvalue weighted by Crippen LogP contribution is -2.23. The summed E-state index contributed by atoms with van der Waals surface area (Å²) in [6.07, 6.45) is 0.811. The first-order chi connectivity index (χ1) is 10.8. The first kappa shape index (κ1) is 13.8. The van der Waals surface area contributed by atoms with E-state index in [1.807, 2.05) is 12.1 Å². The number of nitrogens with one attached hydrogen (secondary N) is 1. The molecule has 1 amide bonds. The van der Waals surface area contributed by atoms with Crippen molar-refractivity contribution in [2.24, 2.45) is 10.9 Å². The molecule has 0 radical (unpaired) electrons. The molecule has 22 heavy (non-hydrogen) atoms. The summed E-state index contributed by atoms with van der Waals surface area (Å²) in [5, 5.41) is 6.20. The van der Waals surface area contributed by atoms with Gasteiger partial charge in [0.2, 0.25) is 5.91 Å². The van der Waals surface area contributed by atoms with Crippen LogP contribution in [0.3, 0.4) is 0 Å². The largest absolute Gasteiger partial charge is 0.381 e. The number of carbonyl (C=O) groups excluding carboxylic acids is 1. The summed E-state index contributed by atoms with van der Waals surface area (Å²) in [5.41, 5.74) is 3.19. The minimum absolute atomic E-state index is 0.0167. The predicted octanol–water partition coefficient (Wildman–Crippen LogP) is 2.38. The standard InChI is InChI=1S/C16H17N3O2S/c20-15(12-5-8-21-9-12)18-13-3-1-11(2-4-13)14-10-22-16-17-6-7-19(14)16/h1-4,10,12H,5-9H2,(H,18,20). The molecular formula is C16H17N3O2S. The SMILES string of the molecule is O=C(Nc1ccc(C2=CSC3=NCCN23)cc1)C1CCOC1. The molecule has 0 spiro atoms. The number of anilines is 1. The highest BCUT2D eigenvalue weighted by atomic mass is 32.2. The van der Waals surface area contributed by atoms with E-state index in [1.54, 1.807) is 11.8 Å². The van der Waals surface area contributed by atoms with Gasteiger partial charge in [-0.1, -0.05) is 23.9 Å². The molecule has 5 nitrogen and oxygen atoms in total. The van der Waals surface area contributed by atoms with E-state index >= 15 is 0 Å². The molecular weight excluding hydrogens is 298 g/mol. The van der Waals surface area contributed by atoms with E-state index in [9.17, 15) is 4.79 Å². The Morgan fingerprint density at radius 3 is 3.00 bits per heavy atom. The van der Waals surface area contributed by atoms with Crippen molar-refractivity contribution in [3.05, 3.63) is 35.2 Å². The zero-order valence-corrected chi connectivity index (χ0v) is 12.9. The Morgan fingerprint density at radius 1 is 1.36 bits per heavy atom. The van der Waals surface area contributed by atoms with E-state index in [4.69, 9.17) is 4.74 Å². The van der Waals surface area contributed by atoms with Crippen LogP contribution >= 0.6 is 11.8 Å². The van der Waals surface area contributed by atoms with Crippen LogP contribution in [0.5, 0.6) is 0 Å². The quantitative estimate of drug-likeness (QED) is 0.930. The zero-order valence-electron chi connectivity index (χ0n) is 12.1. The lowest BCUT2D eigenvalue weighted by Gasteiger charge is -2.17. The zero-order chi connectivity index (χ0) is 14.9. The summed E-state index contributed by atoms with van der Waals surface area (Å²) in [6.45, 7) is 3.04. The number of aliphatic imine (C=N–C) groups is 1. The molecule has 4 rings (SSSR count). The van der Waals surface area contributed by atoms with Gasteiger partial charge < -0.3 is 15.0 Å². The third-order valence-electron chi connectivity index (χ3n) is 4.12. The van der Waals surface area contributed by atoms with Gasteiger partial charge in [-0.05, 0) is 24.1 Å². The average Bonchev–Trinajstić information content (AvgIpc) is 3.26. The summed E-state index contributed by atoms with van der Waals surface area (Å²) in [5.74, 6) is 0.0341. The van der Waals surface area contributed by atoms with Gasteiger partial charge in [0.15, 0.2) is 5.17 Å². The number of nitrogens with zero attached hydrogens (tertiary/aromatic N) is 2. The van der Waals surface area contributed by atoms with Crippen molar-refractivity contribution in [1.82, 2.24) is 4.90 Å². The topological polar surface area (TPSA) is 53.9 Å². The summed E-state index contributed by atoms with van der Waals surface area (Å²) in [4.78, 5) is 18.8. The van der Waals surface area contributed by atoms with Gasteiger partial charge in [-0.2, -0.15) is 0 Å². The number of fused-ring (bicyclic) bond motifs is 1. The Labute approximate surface area is 133 Å². The molecule has 3 heterocycles. The molecule has 1 fully saturated rings. The van der Waals surface area contributed by atoms with Gasteiger partial charge in [-0.15, -0.1) is 0 Å². The number of rotatable bonds is 3. The summed E-state index contributed by atoms with van der Waals surface area (Å²) < 4.78 is 5.26. The molecule has 1 unspecified atom stereocenters. The monoisotopic (exact) mass is 315 g/mol. The van der Waals surface area contributed by atoms with Crippen LogP contribution in [0.4, 0.5) is 5.69 Å². The third-order valence-corrected chi connectivity index (χ3v) is 5.02. The molecule has 1 saturated heterocycles. The van der Waals surface area contributed by atoms with Crippen molar-refractivity contribution in [3.8, 4) is 0 Å². The number of hydrogen-bond donors (Lipinski definition) is 1. The van der Waals surface area contributed by atoms with Crippen LogP contribution in [0.1, 0.15) is 12.0 Å². The van der Waals surface area contributed by atoms with Gasteiger partial charge in [-0.25, -0.2) is 0 Å². The van der Waals surface area contributed by atoms with Crippen molar-refractivity contribution in [2.45, 2.75) is 6.42 Å². The Bertz CT molecular complexity index is 648. The third kappa shape index (κ3) is 2.53. The van der Waals surface area contributed by atoms with Crippen LogP contribution in [0.2, 0.25) is 0 Å². The molecule has 3 aliphatic rings. The van der Waals surface area contributed by atoms with E-state index in [0.717, 1.165) is 35.9 Å². The highest BCUT2D eigenvalue weighted by molar-refractivity contribution is 8.16. The fourth-order valence-corrected chi connectivity index (χ4v) is 3.82. The van der Waals surface area contributed by atoms with Crippen LogP contribution < -0.4 is 5.32 Å². The maximum absolute atomic E-state index is 12.1. The van der Waals surface area contributed by atoms with Crippen molar-refractivity contribution >= 4 is 34.2 Å². The van der Waals surface area contributed by atoms with Crippen LogP contribution in [-0.4, -0.2) is 42.3 Å². The molecule has 0 bridgehead atoms. The number of thioether (sulfide) groups is 1. The minimum atomic E-state index is -0.0167. The Hall–Kier alpha value is -1.79. The predicted molar refractivity (Wildman–Crippen MR) is 88.6 cm³/mol. The van der Waals surface area contributed by atoms with E-state index in [0.29, 0.717) is 13.2 Å². The van der Waals surface area contributed by atoms with Crippen molar-refractivity contribution in [1.29, 1.82) is 0 Å². The van der Waals surface area contributed by atoms with E-state index in [1.165, 1.54) is 5.70 Å². The van der Waals surface area contributed by atoms with Gasteiger partial charge in [-0.3, -0.25) is 9.79 Å². The molecule has 1 N–H and O–H groups in total. The van der Waals surface area contributed by atoms with E-state index in [2.05, 4.69) is 32.7 Å². The first-order valence-electron chi connectivity index (χ1n) is 7.49. The van der Waals surface area contributed by atoms with Crippen LogP contribution in [0.15, 0.2) is 34.7 Å². The van der Waals surface area contributed by atoms with Gasteiger partial charge >= 0.3 is 0 Å². The molecule has 114 valence electrons. The average molecular weight is 315 g/mol. The Kier molecular flexibility index (Phi) is 3.63. The molecule has 6 heteroatoms. The highest BCUT2D eigenvalue weighted by Crippen LogP contribution is 2.35. The van der Waals surface area contributed by atoms with Gasteiger partial charge in [0.1, 0.15) is 0 Å². The maximum atomic E-state index is 12.1. The van der Waals surface area contributed by atoms with E-state index in [-0.39, 0.29) is 11.8 Å². The fraction of sp³-hybridized carbons (Fsp3) is 0.375. The molecule has 0 aliphatic carbocycles. The number of amides is 1. The second-order valence-corrected chi connectivity index (χ2v) is 6.40. The molecule has 0 aromatic heterocycles. The van der Waals surface area contributed by atoms with Crippen molar-refractivity contribution < 1.29 is 9.53 Å². The van der Waals surface area contributed by atoms with Gasteiger partial charge in [0, 0.05) is 24.2 Å². The lowest BCUT2D eigenvalue weighted by molar-refractivity contribution is -0.119. The van der Waals surface area contributed by atoms with E-state index < -0.39 is 0 Å². The molecule has 1 atom stereocenters. The van der Waals surface area contributed by atoms with Crippen LogP contribution in [0, 0.1) is 5.92 Å². The number of amidine groups is 1. The number of ether oxygens (including phenoxy) is 1. The normalized spacial score (nSPS) is 23.3. The van der Waals surface area contributed by atoms with Crippen LogP contribution in [-0.2, 0) is 9.53 Å². The highest BCUT2D eigenvalue weighted by Gasteiger charge is 2.27. The number of benzene rings is 1. The number of carbonyl (C=O) groups is 1. The van der Waals surface area contributed by atoms with Gasteiger partial charge in [0.05, 0.1) is 24.8 Å². The Morgan fingerprint density at radius 2 is 2.23 bits per heavy atom.